The summed E-state index contributed by atoms with van der Waals surface area (Å²) in [5, 5.41) is 25.5. The normalized spacial score (nSPS) is 11.6. The van der Waals surface area contributed by atoms with E-state index in [1.807, 2.05) is 0 Å². The van der Waals surface area contributed by atoms with Crippen LogP contribution in [0.1, 0.15) is 148 Å². The highest BCUT2D eigenvalue weighted by molar-refractivity contribution is 7.86. The summed E-state index contributed by atoms with van der Waals surface area (Å²) in [6, 6.07) is 8.40. The third kappa shape index (κ3) is 28.4. The molecule has 0 atom stereocenters. The minimum absolute atomic E-state index is 0.0694. The highest BCUT2D eigenvalue weighted by Gasteiger charge is 2.13. The first kappa shape index (κ1) is 43.0. The monoisotopic (exact) mass is 643 g/mol. The first-order valence-electron chi connectivity index (χ1n) is 18.0. The molecule has 1 rings (SSSR count). The Hall–Kier alpha value is -1.03. The van der Waals surface area contributed by atoms with Crippen molar-refractivity contribution in [1.82, 2.24) is 4.90 Å². The zero-order valence-electron chi connectivity index (χ0n) is 28.3. The SMILES string of the molecule is CCCCCCCCCCCCCCCCCCCCCCCCOS(=O)(=O)c1ccccc1.OCCN(CCO)CCO. The van der Waals surface area contributed by atoms with Crippen molar-refractivity contribution in [3.63, 3.8) is 0 Å². The van der Waals surface area contributed by atoms with Gasteiger partial charge in [0.1, 0.15) is 0 Å². The first-order chi connectivity index (χ1) is 21.5. The van der Waals surface area contributed by atoms with Crippen LogP contribution in [0, 0.1) is 0 Å². The molecule has 0 spiro atoms. The third-order valence-electron chi connectivity index (χ3n) is 8.02. The Morgan fingerprint density at radius 1 is 0.523 bits per heavy atom. The highest BCUT2D eigenvalue weighted by atomic mass is 32.2. The molecule has 0 heterocycles. The molecule has 0 aliphatic rings. The van der Waals surface area contributed by atoms with Crippen molar-refractivity contribution in [3.8, 4) is 0 Å². The van der Waals surface area contributed by atoms with Gasteiger partial charge in [-0.1, -0.05) is 160 Å². The van der Waals surface area contributed by atoms with Crippen molar-refractivity contribution in [2.24, 2.45) is 0 Å². The topological polar surface area (TPSA) is 107 Å². The van der Waals surface area contributed by atoms with E-state index in [1.165, 1.54) is 128 Å². The summed E-state index contributed by atoms with van der Waals surface area (Å²) in [5.41, 5.74) is 0. The zero-order valence-corrected chi connectivity index (χ0v) is 29.1. The van der Waals surface area contributed by atoms with Gasteiger partial charge >= 0.3 is 0 Å². The summed E-state index contributed by atoms with van der Waals surface area (Å²) in [5.74, 6) is 0. The molecule has 0 radical (unpaired) electrons. The molecule has 8 heteroatoms. The summed E-state index contributed by atoms with van der Waals surface area (Å²) in [4.78, 5) is 2.04. The second-order valence-electron chi connectivity index (χ2n) is 12.0. The Morgan fingerprint density at radius 2 is 0.841 bits per heavy atom. The van der Waals surface area contributed by atoms with Crippen LogP contribution in [0.4, 0.5) is 0 Å². The molecule has 0 fully saturated rings. The Balaban J connectivity index is 0.00000158. The lowest BCUT2D eigenvalue weighted by atomic mass is 10.0. The smallest absolute Gasteiger partial charge is 0.296 e. The van der Waals surface area contributed by atoms with Crippen LogP contribution in [0.2, 0.25) is 0 Å². The van der Waals surface area contributed by atoms with Crippen LogP contribution in [0.3, 0.4) is 0 Å². The number of nitrogens with zero attached hydrogens (tertiary/aromatic N) is 1. The van der Waals surface area contributed by atoms with Crippen molar-refractivity contribution in [1.29, 1.82) is 0 Å². The zero-order chi connectivity index (χ0) is 32.4. The van der Waals surface area contributed by atoms with Crippen LogP contribution in [-0.2, 0) is 14.3 Å². The van der Waals surface area contributed by atoms with Gasteiger partial charge in [0, 0.05) is 19.6 Å². The molecule has 0 aliphatic heterocycles. The van der Waals surface area contributed by atoms with Crippen LogP contribution in [-0.4, -0.2) is 74.7 Å². The standard InChI is InChI=1S/C30H54O3S.C6H15NO3/c1-2-3-4-5-6-7-8-9-10-11-12-13-14-15-16-17-18-19-20-21-22-26-29-33-34(31,32)30-27-24-23-25-28-30;8-4-1-7(2-5-9)3-6-10/h23-25,27-28H,2-22,26,29H2,1H3;8-10H,1-6H2. The molecule has 1 aromatic carbocycles. The van der Waals surface area contributed by atoms with Gasteiger partial charge in [-0.3, -0.25) is 9.08 Å². The van der Waals surface area contributed by atoms with Crippen LogP contribution in [0.25, 0.3) is 0 Å². The molecule has 0 amide bonds. The molecule has 260 valence electrons. The molecule has 44 heavy (non-hydrogen) atoms. The number of hydrogen-bond acceptors (Lipinski definition) is 7. The number of aliphatic hydroxyl groups is 3. The van der Waals surface area contributed by atoms with E-state index in [9.17, 15) is 8.42 Å². The third-order valence-corrected chi connectivity index (χ3v) is 9.34. The predicted octanol–water partition coefficient (Wildman–Crippen LogP) is 8.26. The van der Waals surface area contributed by atoms with Gasteiger partial charge in [-0.25, -0.2) is 0 Å². The van der Waals surface area contributed by atoms with E-state index in [4.69, 9.17) is 19.5 Å². The largest absolute Gasteiger partial charge is 0.395 e. The summed E-state index contributed by atoms with van der Waals surface area (Å²) in [6.07, 6.45) is 29.8. The van der Waals surface area contributed by atoms with Crippen molar-refractivity contribution < 1.29 is 27.9 Å². The molecular formula is C36H69NO6S. The van der Waals surface area contributed by atoms with Gasteiger partial charge in [0.25, 0.3) is 10.1 Å². The molecule has 1 aromatic rings. The number of rotatable bonds is 31. The fourth-order valence-electron chi connectivity index (χ4n) is 5.29. The van der Waals surface area contributed by atoms with E-state index in [1.54, 1.807) is 35.2 Å². The van der Waals surface area contributed by atoms with E-state index < -0.39 is 10.1 Å². The molecule has 0 bridgehead atoms. The minimum Gasteiger partial charge on any atom is -0.395 e. The van der Waals surface area contributed by atoms with E-state index >= 15 is 0 Å². The van der Waals surface area contributed by atoms with Crippen LogP contribution >= 0.6 is 0 Å². The van der Waals surface area contributed by atoms with Crippen LogP contribution < -0.4 is 0 Å². The summed E-state index contributed by atoms with van der Waals surface area (Å²) in [6.45, 7) is 4.33. The molecule has 0 saturated carbocycles. The highest BCUT2D eigenvalue weighted by Crippen LogP contribution is 2.16. The van der Waals surface area contributed by atoms with Gasteiger partial charge in [-0.05, 0) is 18.6 Å². The Bertz CT molecular complexity index is 779. The molecule has 0 aliphatic carbocycles. The lowest BCUT2D eigenvalue weighted by molar-refractivity contribution is 0.136. The van der Waals surface area contributed by atoms with Crippen molar-refractivity contribution in [3.05, 3.63) is 30.3 Å². The number of hydrogen-bond donors (Lipinski definition) is 3. The molecule has 3 N–H and O–H groups in total. The summed E-state index contributed by atoms with van der Waals surface area (Å²) >= 11 is 0. The molecule has 0 aromatic heterocycles. The van der Waals surface area contributed by atoms with Gasteiger partial charge in [-0.15, -0.1) is 0 Å². The molecule has 0 saturated heterocycles. The Kier molecular flexibility index (Phi) is 32.6. The second kappa shape index (κ2) is 33.3. The lowest BCUT2D eigenvalue weighted by Crippen LogP contribution is -2.32. The van der Waals surface area contributed by atoms with Crippen molar-refractivity contribution in [2.75, 3.05) is 46.1 Å². The van der Waals surface area contributed by atoms with Crippen LogP contribution in [0.15, 0.2) is 35.2 Å². The quantitative estimate of drug-likeness (QED) is 0.0552. The summed E-state index contributed by atoms with van der Waals surface area (Å²) in [7, 11) is -3.59. The fraction of sp³-hybridized carbons (Fsp3) is 0.833. The predicted molar refractivity (Wildman–Crippen MR) is 185 cm³/mol. The van der Waals surface area contributed by atoms with E-state index in [0.717, 1.165) is 12.8 Å². The average Bonchev–Trinajstić information content (AvgIpc) is 3.02. The van der Waals surface area contributed by atoms with Crippen molar-refractivity contribution in [2.45, 2.75) is 153 Å². The number of aliphatic hydroxyl groups excluding tert-OH is 3. The van der Waals surface area contributed by atoms with Gasteiger partial charge < -0.3 is 15.3 Å². The van der Waals surface area contributed by atoms with Gasteiger partial charge in [0.15, 0.2) is 0 Å². The average molecular weight is 644 g/mol. The molecular weight excluding hydrogens is 574 g/mol. The lowest BCUT2D eigenvalue weighted by Gasteiger charge is -2.17. The van der Waals surface area contributed by atoms with E-state index in [-0.39, 0.29) is 31.3 Å². The van der Waals surface area contributed by atoms with Gasteiger partial charge in [0.2, 0.25) is 0 Å². The maximum atomic E-state index is 12.0. The Labute approximate surface area is 271 Å². The van der Waals surface area contributed by atoms with Gasteiger partial charge in [-0.2, -0.15) is 8.42 Å². The maximum absolute atomic E-state index is 12.0. The second-order valence-corrected chi connectivity index (χ2v) is 13.6. The number of benzene rings is 1. The van der Waals surface area contributed by atoms with Crippen LogP contribution in [0.5, 0.6) is 0 Å². The fourth-order valence-corrected chi connectivity index (χ4v) is 6.26. The van der Waals surface area contributed by atoms with E-state index in [2.05, 4.69) is 6.92 Å². The minimum atomic E-state index is -3.59. The number of unbranched alkanes of at least 4 members (excludes halogenated alkanes) is 21. The first-order valence-corrected chi connectivity index (χ1v) is 19.4. The van der Waals surface area contributed by atoms with E-state index in [0.29, 0.717) is 19.6 Å². The molecule has 0 unspecified atom stereocenters. The maximum Gasteiger partial charge on any atom is 0.296 e. The van der Waals surface area contributed by atoms with Crippen molar-refractivity contribution >= 4 is 10.1 Å². The summed E-state index contributed by atoms with van der Waals surface area (Å²) < 4.78 is 29.2. The van der Waals surface area contributed by atoms with Gasteiger partial charge in [0.05, 0.1) is 31.3 Å². The molecule has 7 nitrogen and oxygen atoms in total. The Morgan fingerprint density at radius 3 is 1.16 bits per heavy atom.